The summed E-state index contributed by atoms with van der Waals surface area (Å²) in [6, 6.07) is 14.0. The normalized spacial score (nSPS) is 13.1. The number of hydrogen-bond acceptors (Lipinski definition) is 6. The smallest absolute Gasteiger partial charge is 0.242 e. The van der Waals surface area contributed by atoms with Crippen LogP contribution in [-0.2, 0) is 27.2 Å². The van der Waals surface area contributed by atoms with Crippen molar-refractivity contribution in [3.8, 4) is 5.75 Å². The molecule has 0 saturated carbocycles. The van der Waals surface area contributed by atoms with Crippen molar-refractivity contribution in [1.29, 1.82) is 0 Å². The number of hydrogen-bond donors (Lipinski definition) is 7. The average Bonchev–Trinajstić information content (AvgIpc) is 2.87. The number of nitrogens with one attached hydrogen (secondary N) is 2. The van der Waals surface area contributed by atoms with E-state index in [-0.39, 0.29) is 36.5 Å². The summed E-state index contributed by atoms with van der Waals surface area (Å²) in [7, 11) is 0. The molecule has 0 heterocycles. The lowest BCUT2D eigenvalue weighted by Gasteiger charge is -2.25. The molecule has 3 amide bonds. The van der Waals surface area contributed by atoms with E-state index in [0.29, 0.717) is 38.6 Å². The molecule has 11 heteroatoms. The molecule has 1 unspecified atom stereocenters. The summed E-state index contributed by atoms with van der Waals surface area (Å²) < 4.78 is 0. The number of aliphatic imine (C=N–C) groups is 1. The highest BCUT2D eigenvalue weighted by molar-refractivity contribution is 5.90. The van der Waals surface area contributed by atoms with Gasteiger partial charge in [0.2, 0.25) is 17.7 Å². The summed E-state index contributed by atoms with van der Waals surface area (Å²) in [4.78, 5) is 41.4. The van der Waals surface area contributed by atoms with Crippen molar-refractivity contribution in [2.75, 3.05) is 6.54 Å². The molecule has 2 aromatic carbocycles. The van der Waals surface area contributed by atoms with Gasteiger partial charge in [-0.25, -0.2) is 0 Å². The van der Waals surface area contributed by atoms with Gasteiger partial charge in [0.15, 0.2) is 5.96 Å². The number of phenolic OH excluding ortho intramolecular Hbond substituents is 1. The van der Waals surface area contributed by atoms with Crippen molar-refractivity contribution < 1.29 is 19.5 Å². The third kappa shape index (κ3) is 11.7. The highest BCUT2D eigenvalue weighted by Crippen LogP contribution is 2.12. The molecule has 2 aromatic rings. The Kier molecular flexibility index (Phi) is 12.6. The van der Waals surface area contributed by atoms with Crippen LogP contribution in [0.2, 0.25) is 0 Å². The monoisotopic (exact) mass is 525 g/mol. The second-order valence-corrected chi connectivity index (χ2v) is 9.24. The highest BCUT2D eigenvalue weighted by atomic mass is 16.3. The Morgan fingerprint density at radius 3 is 2.11 bits per heavy atom. The molecule has 0 spiro atoms. The number of carbonyl (C=O) groups is 3. The van der Waals surface area contributed by atoms with Crippen molar-refractivity contribution in [1.82, 2.24) is 10.6 Å². The SMILES string of the molecule is NC(=O)CCCC(Cc1ccccc1)NC(=O)[C@@H](CCCN=C(N)N)NC(=O)[C@@H](N)Cc1ccc(O)cc1. The van der Waals surface area contributed by atoms with Gasteiger partial charge < -0.3 is 38.7 Å². The summed E-state index contributed by atoms with van der Waals surface area (Å²) >= 11 is 0. The first kappa shape index (κ1) is 30.1. The van der Waals surface area contributed by atoms with Crippen molar-refractivity contribution in [3.05, 3.63) is 65.7 Å². The van der Waals surface area contributed by atoms with Crippen LogP contribution >= 0.6 is 0 Å². The maximum Gasteiger partial charge on any atom is 0.242 e. The number of phenols is 1. The molecule has 11 N–H and O–H groups in total. The topological polar surface area (TPSA) is 212 Å². The lowest BCUT2D eigenvalue weighted by molar-refractivity contribution is -0.130. The van der Waals surface area contributed by atoms with Crippen molar-refractivity contribution >= 4 is 23.7 Å². The number of carbonyl (C=O) groups excluding carboxylic acids is 3. The summed E-state index contributed by atoms with van der Waals surface area (Å²) in [6.07, 6.45) is 2.81. The Hall–Kier alpha value is -4.12. The second-order valence-electron chi connectivity index (χ2n) is 9.24. The molecule has 0 bridgehead atoms. The third-order valence-electron chi connectivity index (χ3n) is 5.95. The van der Waals surface area contributed by atoms with Crippen LogP contribution in [0.4, 0.5) is 0 Å². The van der Waals surface area contributed by atoms with E-state index in [1.165, 1.54) is 12.1 Å². The molecule has 38 heavy (non-hydrogen) atoms. The molecule has 0 aliphatic heterocycles. The Bertz CT molecular complexity index is 1060. The zero-order chi connectivity index (χ0) is 27.9. The molecule has 0 radical (unpaired) electrons. The van der Waals surface area contributed by atoms with E-state index < -0.39 is 23.9 Å². The number of guanidine groups is 1. The van der Waals surface area contributed by atoms with Crippen LogP contribution in [0.1, 0.15) is 43.2 Å². The minimum Gasteiger partial charge on any atom is -0.508 e. The molecule has 2 rings (SSSR count). The van der Waals surface area contributed by atoms with Crippen LogP contribution in [0, 0.1) is 0 Å². The number of aromatic hydroxyl groups is 1. The number of rotatable bonds is 16. The van der Waals surface area contributed by atoms with Gasteiger partial charge in [-0.05, 0) is 61.8 Å². The van der Waals surface area contributed by atoms with Gasteiger partial charge in [0.05, 0.1) is 6.04 Å². The predicted molar refractivity (Wildman–Crippen MR) is 147 cm³/mol. The van der Waals surface area contributed by atoms with Gasteiger partial charge in [0, 0.05) is 19.0 Å². The van der Waals surface area contributed by atoms with E-state index in [9.17, 15) is 19.5 Å². The minimum atomic E-state index is -0.900. The zero-order valence-electron chi connectivity index (χ0n) is 21.5. The molecule has 3 atom stereocenters. The molecule has 11 nitrogen and oxygen atoms in total. The van der Waals surface area contributed by atoms with Gasteiger partial charge in [-0.2, -0.15) is 0 Å². The first-order chi connectivity index (χ1) is 18.1. The van der Waals surface area contributed by atoms with Crippen LogP contribution in [0.5, 0.6) is 5.75 Å². The van der Waals surface area contributed by atoms with Crippen molar-refractivity contribution in [2.45, 2.75) is 63.1 Å². The lowest BCUT2D eigenvalue weighted by atomic mass is 9.99. The number of amides is 3. The van der Waals surface area contributed by atoms with E-state index in [4.69, 9.17) is 22.9 Å². The first-order valence-electron chi connectivity index (χ1n) is 12.7. The number of nitrogens with two attached hydrogens (primary N) is 4. The average molecular weight is 526 g/mol. The zero-order valence-corrected chi connectivity index (χ0v) is 21.5. The largest absolute Gasteiger partial charge is 0.508 e. The number of nitrogens with zero attached hydrogens (tertiary/aromatic N) is 1. The number of benzene rings is 2. The van der Waals surface area contributed by atoms with Gasteiger partial charge in [0.25, 0.3) is 0 Å². The van der Waals surface area contributed by atoms with Crippen LogP contribution < -0.4 is 33.6 Å². The quantitative estimate of drug-likeness (QED) is 0.0916. The van der Waals surface area contributed by atoms with Crippen molar-refractivity contribution in [3.63, 3.8) is 0 Å². The molecule has 0 fully saturated rings. The van der Waals surface area contributed by atoms with E-state index in [0.717, 1.165) is 11.1 Å². The second kappa shape index (κ2) is 15.9. The van der Waals surface area contributed by atoms with Gasteiger partial charge in [-0.1, -0.05) is 42.5 Å². The Balaban J connectivity index is 2.10. The standard InChI is InChI=1S/C27H39N7O4/c28-22(17-19-11-13-21(35)14-12-19)25(37)34-23(9-5-15-32-27(30)31)26(38)33-20(8-4-10-24(29)36)16-18-6-2-1-3-7-18/h1-3,6-7,11-14,20,22-23,35H,4-5,8-10,15-17,28H2,(H2,29,36)(H,33,38)(H,34,37)(H4,30,31,32)/t20?,22-,23+/m0/s1. The van der Waals surface area contributed by atoms with Gasteiger partial charge in [0.1, 0.15) is 11.8 Å². The van der Waals surface area contributed by atoms with Crippen LogP contribution in [0.3, 0.4) is 0 Å². The summed E-state index contributed by atoms with van der Waals surface area (Å²) in [6.45, 7) is 0.299. The Morgan fingerprint density at radius 1 is 0.816 bits per heavy atom. The number of primary amides is 1. The van der Waals surface area contributed by atoms with Crippen molar-refractivity contribution in [2.24, 2.45) is 27.9 Å². The molecule has 0 aliphatic carbocycles. The molecule has 0 saturated heterocycles. The first-order valence-corrected chi connectivity index (χ1v) is 12.7. The summed E-state index contributed by atoms with van der Waals surface area (Å²) in [5, 5.41) is 15.3. The highest BCUT2D eigenvalue weighted by Gasteiger charge is 2.25. The fourth-order valence-electron chi connectivity index (χ4n) is 3.98. The van der Waals surface area contributed by atoms with Crippen LogP contribution in [-0.4, -0.2) is 53.5 Å². The van der Waals surface area contributed by atoms with Gasteiger partial charge in [-0.15, -0.1) is 0 Å². The van der Waals surface area contributed by atoms with E-state index in [1.54, 1.807) is 12.1 Å². The molecule has 0 aliphatic rings. The Labute approximate surface area is 223 Å². The van der Waals surface area contributed by atoms with Gasteiger partial charge >= 0.3 is 0 Å². The minimum absolute atomic E-state index is 0.0525. The summed E-state index contributed by atoms with van der Waals surface area (Å²) in [5.41, 5.74) is 24.0. The maximum atomic E-state index is 13.4. The van der Waals surface area contributed by atoms with Crippen LogP contribution in [0.25, 0.3) is 0 Å². The van der Waals surface area contributed by atoms with Gasteiger partial charge in [-0.3, -0.25) is 19.4 Å². The van der Waals surface area contributed by atoms with Crippen LogP contribution in [0.15, 0.2) is 59.6 Å². The molecular weight excluding hydrogens is 486 g/mol. The molecular formula is C27H39N7O4. The van der Waals surface area contributed by atoms with E-state index >= 15 is 0 Å². The summed E-state index contributed by atoms with van der Waals surface area (Å²) in [5.74, 6) is -1.18. The Morgan fingerprint density at radius 2 is 1.47 bits per heavy atom. The molecule has 206 valence electrons. The van der Waals surface area contributed by atoms with E-state index in [2.05, 4.69) is 15.6 Å². The predicted octanol–water partition coefficient (Wildman–Crippen LogP) is 0.184. The fourth-order valence-corrected chi connectivity index (χ4v) is 3.98. The third-order valence-corrected chi connectivity index (χ3v) is 5.95. The maximum absolute atomic E-state index is 13.4. The lowest BCUT2D eigenvalue weighted by Crippen LogP contribution is -2.54. The molecule has 0 aromatic heterocycles. The van der Waals surface area contributed by atoms with E-state index in [1.807, 2.05) is 30.3 Å². The fraction of sp³-hybridized carbons (Fsp3) is 0.407.